The van der Waals surface area contributed by atoms with Gasteiger partial charge in [0.2, 0.25) is 5.91 Å². The number of anilines is 1. The van der Waals surface area contributed by atoms with Gasteiger partial charge in [0, 0.05) is 0 Å². The smallest absolute Gasteiger partial charge is 0.230 e. The first-order valence-corrected chi connectivity index (χ1v) is 8.91. The van der Waals surface area contributed by atoms with Crippen molar-refractivity contribution in [2.24, 2.45) is 23.2 Å². The van der Waals surface area contributed by atoms with Crippen molar-refractivity contribution in [2.75, 3.05) is 5.32 Å². The van der Waals surface area contributed by atoms with E-state index < -0.39 is 0 Å². The van der Waals surface area contributed by atoms with Crippen LogP contribution in [-0.2, 0) is 4.79 Å². The first-order chi connectivity index (χ1) is 10.4. The summed E-state index contributed by atoms with van der Waals surface area (Å²) in [6.07, 6.45) is 7.35. The van der Waals surface area contributed by atoms with Crippen molar-refractivity contribution in [3.05, 3.63) is 28.3 Å². The predicted molar refractivity (Wildman–Crippen MR) is 90.2 cm³/mol. The molecule has 0 heterocycles. The van der Waals surface area contributed by atoms with Crippen LogP contribution in [0.4, 0.5) is 5.69 Å². The molecule has 4 fully saturated rings. The summed E-state index contributed by atoms with van der Waals surface area (Å²) >= 11 is 6.37. The monoisotopic (exact) mass is 317 g/mol. The fourth-order valence-electron chi connectivity index (χ4n) is 5.71. The van der Waals surface area contributed by atoms with E-state index in [4.69, 9.17) is 11.6 Å². The van der Waals surface area contributed by atoms with Crippen LogP contribution in [0.15, 0.2) is 12.1 Å². The summed E-state index contributed by atoms with van der Waals surface area (Å²) < 4.78 is 0. The zero-order valence-electron chi connectivity index (χ0n) is 13.4. The van der Waals surface area contributed by atoms with Gasteiger partial charge in [0.1, 0.15) is 0 Å². The average molecular weight is 318 g/mol. The predicted octanol–water partition coefficient (Wildman–Crippen LogP) is 5.11. The lowest BCUT2D eigenvalue weighted by molar-refractivity contribution is -0.140. The highest BCUT2D eigenvalue weighted by molar-refractivity contribution is 6.34. The van der Waals surface area contributed by atoms with Crippen molar-refractivity contribution < 1.29 is 4.79 Å². The fraction of sp³-hybridized carbons (Fsp3) is 0.632. The number of nitrogens with one attached hydrogen (secondary N) is 1. The largest absolute Gasteiger partial charge is 0.324 e. The average Bonchev–Trinajstić information content (AvgIpc) is 2.41. The second kappa shape index (κ2) is 4.99. The molecule has 0 spiro atoms. The van der Waals surface area contributed by atoms with Crippen molar-refractivity contribution in [1.29, 1.82) is 0 Å². The van der Waals surface area contributed by atoms with Gasteiger partial charge in [-0.2, -0.15) is 0 Å². The topological polar surface area (TPSA) is 29.1 Å². The maximum atomic E-state index is 13.1. The lowest BCUT2D eigenvalue weighted by atomic mass is 9.49. The number of carbonyl (C=O) groups excluding carboxylic acids is 1. The molecule has 1 amide bonds. The third kappa shape index (κ3) is 2.27. The van der Waals surface area contributed by atoms with Gasteiger partial charge in [-0.25, -0.2) is 0 Å². The molecule has 118 valence electrons. The van der Waals surface area contributed by atoms with Gasteiger partial charge in [-0.15, -0.1) is 0 Å². The highest BCUT2D eigenvalue weighted by Gasteiger charge is 2.54. The van der Waals surface area contributed by atoms with E-state index >= 15 is 0 Å². The summed E-state index contributed by atoms with van der Waals surface area (Å²) in [4.78, 5) is 13.1. The summed E-state index contributed by atoms with van der Waals surface area (Å²) in [5, 5.41) is 3.85. The van der Waals surface area contributed by atoms with E-state index in [1.807, 2.05) is 19.9 Å². The van der Waals surface area contributed by atoms with Crippen molar-refractivity contribution in [1.82, 2.24) is 0 Å². The number of rotatable bonds is 2. The lowest BCUT2D eigenvalue weighted by Gasteiger charge is -2.55. The Morgan fingerprint density at radius 1 is 1.09 bits per heavy atom. The van der Waals surface area contributed by atoms with Crippen molar-refractivity contribution in [3.63, 3.8) is 0 Å². The number of amides is 1. The molecular formula is C19H24ClNO. The lowest BCUT2D eigenvalue weighted by Crippen LogP contribution is -2.51. The van der Waals surface area contributed by atoms with Crippen LogP contribution >= 0.6 is 11.6 Å². The van der Waals surface area contributed by atoms with E-state index in [-0.39, 0.29) is 11.3 Å². The Bertz CT molecular complexity index is 578. The maximum absolute atomic E-state index is 13.1. The van der Waals surface area contributed by atoms with E-state index in [1.54, 1.807) is 0 Å². The van der Waals surface area contributed by atoms with E-state index in [9.17, 15) is 4.79 Å². The SMILES string of the molecule is Cc1cc(C)c(NC(=O)C23CC4CC(CC(C4)C2)C3)c(Cl)c1. The molecule has 1 N–H and O–H groups in total. The van der Waals surface area contributed by atoms with Crippen molar-refractivity contribution >= 4 is 23.2 Å². The molecule has 2 nitrogen and oxygen atoms in total. The van der Waals surface area contributed by atoms with E-state index in [0.717, 1.165) is 53.8 Å². The molecule has 0 unspecified atom stereocenters. The van der Waals surface area contributed by atoms with Gasteiger partial charge < -0.3 is 5.32 Å². The van der Waals surface area contributed by atoms with Gasteiger partial charge in [0.15, 0.2) is 0 Å². The minimum absolute atomic E-state index is 0.116. The van der Waals surface area contributed by atoms with Crippen LogP contribution in [0.3, 0.4) is 0 Å². The molecule has 4 aliphatic carbocycles. The molecule has 5 rings (SSSR count). The van der Waals surface area contributed by atoms with Crippen molar-refractivity contribution in [3.8, 4) is 0 Å². The highest BCUT2D eigenvalue weighted by atomic mass is 35.5. The van der Waals surface area contributed by atoms with Crippen LogP contribution in [0.25, 0.3) is 0 Å². The van der Waals surface area contributed by atoms with Crippen LogP contribution in [0.5, 0.6) is 0 Å². The standard InChI is InChI=1S/C19H24ClNO/c1-11-3-12(2)17(16(20)4-11)21-18(22)19-8-13-5-14(9-19)7-15(6-13)10-19/h3-4,13-15H,5-10H2,1-2H3,(H,21,22). The molecular weight excluding hydrogens is 294 g/mol. The maximum Gasteiger partial charge on any atom is 0.230 e. The zero-order chi connectivity index (χ0) is 15.5. The number of carbonyl (C=O) groups is 1. The number of benzene rings is 1. The minimum Gasteiger partial charge on any atom is -0.324 e. The molecule has 0 aliphatic heterocycles. The van der Waals surface area contributed by atoms with Gasteiger partial charge in [0.25, 0.3) is 0 Å². The number of halogens is 1. The Morgan fingerprint density at radius 3 is 2.14 bits per heavy atom. The second-order valence-electron chi connectivity index (χ2n) is 8.09. The first-order valence-electron chi connectivity index (χ1n) is 8.53. The highest BCUT2D eigenvalue weighted by Crippen LogP contribution is 2.60. The van der Waals surface area contributed by atoms with Gasteiger partial charge in [0.05, 0.1) is 16.1 Å². The number of aryl methyl sites for hydroxylation is 2. The molecule has 0 atom stereocenters. The van der Waals surface area contributed by atoms with Crippen LogP contribution in [0.2, 0.25) is 5.02 Å². The third-order valence-corrected chi connectivity index (χ3v) is 6.49. The molecule has 1 aromatic rings. The van der Waals surface area contributed by atoms with Gasteiger partial charge in [-0.05, 0) is 87.3 Å². The number of hydrogen-bond acceptors (Lipinski definition) is 1. The molecule has 22 heavy (non-hydrogen) atoms. The fourth-order valence-corrected chi connectivity index (χ4v) is 6.08. The summed E-state index contributed by atoms with van der Waals surface area (Å²) in [5.41, 5.74) is 2.89. The van der Waals surface area contributed by atoms with E-state index in [0.29, 0.717) is 5.02 Å². The Morgan fingerprint density at radius 2 is 1.64 bits per heavy atom. The van der Waals surface area contributed by atoms with E-state index in [1.165, 1.54) is 19.3 Å². The van der Waals surface area contributed by atoms with Gasteiger partial charge in [-0.3, -0.25) is 4.79 Å². The summed E-state index contributed by atoms with van der Waals surface area (Å²) in [6.45, 7) is 4.05. The molecule has 4 bridgehead atoms. The van der Waals surface area contributed by atoms with E-state index in [2.05, 4.69) is 11.4 Å². The van der Waals surface area contributed by atoms with Crippen LogP contribution in [0.1, 0.15) is 49.7 Å². The van der Waals surface area contributed by atoms with Crippen LogP contribution in [-0.4, -0.2) is 5.91 Å². The van der Waals surface area contributed by atoms with Crippen LogP contribution in [0, 0.1) is 37.0 Å². The Balaban J connectivity index is 1.60. The molecule has 0 saturated heterocycles. The molecule has 4 saturated carbocycles. The summed E-state index contributed by atoms with van der Waals surface area (Å²) in [5.74, 6) is 2.57. The number of hydrogen-bond donors (Lipinski definition) is 1. The summed E-state index contributed by atoms with van der Waals surface area (Å²) in [7, 11) is 0. The molecule has 0 aromatic heterocycles. The Kier molecular flexibility index (Phi) is 3.30. The second-order valence-corrected chi connectivity index (χ2v) is 8.50. The minimum atomic E-state index is -0.116. The van der Waals surface area contributed by atoms with Crippen molar-refractivity contribution in [2.45, 2.75) is 52.4 Å². The molecule has 3 heteroatoms. The molecule has 0 radical (unpaired) electrons. The van der Waals surface area contributed by atoms with Crippen LogP contribution < -0.4 is 5.32 Å². The summed E-state index contributed by atoms with van der Waals surface area (Å²) in [6, 6.07) is 4.02. The third-order valence-electron chi connectivity index (χ3n) is 6.19. The quantitative estimate of drug-likeness (QED) is 0.806. The normalized spacial score (nSPS) is 35.7. The van der Waals surface area contributed by atoms with Gasteiger partial charge in [-0.1, -0.05) is 17.7 Å². The zero-order valence-corrected chi connectivity index (χ0v) is 14.2. The molecule has 1 aromatic carbocycles. The Hall–Kier alpha value is -1.02. The molecule has 4 aliphatic rings. The van der Waals surface area contributed by atoms with Gasteiger partial charge >= 0.3 is 0 Å². The first kappa shape index (κ1) is 14.6. The Labute approximate surface area is 137 Å².